The zero-order valence-electron chi connectivity index (χ0n) is 14.4. The Hall–Kier alpha value is -2.93. The third kappa shape index (κ3) is 3.39. The Morgan fingerprint density at radius 2 is 2.08 bits per heavy atom. The lowest BCUT2D eigenvalue weighted by atomic mass is 10.2. The van der Waals surface area contributed by atoms with Crippen molar-refractivity contribution in [1.82, 2.24) is 14.5 Å². The molecule has 2 aromatic heterocycles. The number of hydrogen-bond acceptors (Lipinski definition) is 4. The van der Waals surface area contributed by atoms with Crippen molar-refractivity contribution < 1.29 is 9.18 Å². The summed E-state index contributed by atoms with van der Waals surface area (Å²) in [7, 11) is 1.98. The van der Waals surface area contributed by atoms with Crippen LogP contribution in [0.1, 0.15) is 10.7 Å². The average molecular weight is 368 g/mol. The molecule has 0 radical (unpaired) electrons. The van der Waals surface area contributed by atoms with Gasteiger partial charge in [-0.25, -0.2) is 9.37 Å². The smallest absolute Gasteiger partial charge is 0.244 e. The summed E-state index contributed by atoms with van der Waals surface area (Å²) in [4.78, 5) is 18.6. The van der Waals surface area contributed by atoms with Gasteiger partial charge in [-0.1, -0.05) is 0 Å². The molecule has 0 saturated heterocycles. The third-order valence-electron chi connectivity index (χ3n) is 4.14. The zero-order valence-corrected chi connectivity index (χ0v) is 15.2. The van der Waals surface area contributed by atoms with Gasteiger partial charge in [0.1, 0.15) is 12.4 Å². The second-order valence-electron chi connectivity index (χ2n) is 6.17. The van der Waals surface area contributed by atoms with Crippen LogP contribution in [-0.2, 0) is 11.8 Å². The number of amides is 1. The summed E-state index contributed by atoms with van der Waals surface area (Å²) in [6.45, 7) is 2.21. The molecular weight excluding hydrogens is 351 g/mol. The molecule has 5 nitrogen and oxygen atoms in total. The first-order valence-electron chi connectivity index (χ1n) is 8.13. The molecule has 1 aliphatic heterocycles. The van der Waals surface area contributed by atoms with Gasteiger partial charge in [-0.05, 0) is 37.3 Å². The standard InChI is InChI=1S/C19H17FN4OS/c1-12-21-16(11-26-12)13-7-17(23(2)8-13)18-9-24(18)10-19(25)22-15-5-3-14(20)4-6-15/h3-9,11H,10H2,1-2H3,(H,22,25). The first-order chi connectivity index (χ1) is 12.5. The number of benzene rings is 1. The minimum Gasteiger partial charge on any atom is -0.349 e. The predicted molar refractivity (Wildman–Crippen MR) is 101 cm³/mol. The maximum atomic E-state index is 12.9. The van der Waals surface area contributed by atoms with Gasteiger partial charge in [0, 0.05) is 36.1 Å². The minimum atomic E-state index is -0.326. The van der Waals surface area contributed by atoms with Gasteiger partial charge in [-0.3, -0.25) is 4.79 Å². The Kier molecular flexibility index (Phi) is 4.08. The van der Waals surface area contributed by atoms with E-state index in [-0.39, 0.29) is 18.3 Å². The normalized spacial score (nSPS) is 12.9. The first-order valence-corrected chi connectivity index (χ1v) is 9.01. The quantitative estimate of drug-likeness (QED) is 0.744. The predicted octanol–water partition coefficient (Wildman–Crippen LogP) is 3.85. The van der Waals surface area contributed by atoms with E-state index in [1.54, 1.807) is 23.5 Å². The van der Waals surface area contributed by atoms with Gasteiger partial charge >= 0.3 is 0 Å². The summed E-state index contributed by atoms with van der Waals surface area (Å²) in [5, 5.41) is 5.85. The fourth-order valence-electron chi connectivity index (χ4n) is 2.81. The molecule has 1 amide bonds. The Morgan fingerprint density at radius 3 is 2.77 bits per heavy atom. The van der Waals surface area contributed by atoms with Gasteiger partial charge in [0.15, 0.2) is 0 Å². The summed E-state index contributed by atoms with van der Waals surface area (Å²) in [6, 6.07) is 7.81. The number of rotatable bonds is 5. The molecule has 0 unspecified atom stereocenters. The number of nitrogens with one attached hydrogen (secondary N) is 1. The van der Waals surface area contributed by atoms with Crippen LogP contribution < -0.4 is 5.32 Å². The second-order valence-corrected chi connectivity index (χ2v) is 7.24. The monoisotopic (exact) mass is 368 g/mol. The number of aromatic nitrogens is 2. The van der Waals surface area contributed by atoms with Crippen LogP contribution in [0.2, 0.25) is 0 Å². The maximum absolute atomic E-state index is 12.9. The van der Waals surface area contributed by atoms with Crippen molar-refractivity contribution in [2.24, 2.45) is 7.05 Å². The molecule has 4 rings (SSSR count). The lowest BCUT2D eigenvalue weighted by Gasteiger charge is -2.08. The average Bonchev–Trinajstić information content (AvgIpc) is 3.01. The van der Waals surface area contributed by atoms with E-state index in [2.05, 4.69) is 16.4 Å². The van der Waals surface area contributed by atoms with Crippen molar-refractivity contribution in [2.45, 2.75) is 6.92 Å². The molecule has 132 valence electrons. The van der Waals surface area contributed by atoms with Gasteiger partial charge in [0.05, 0.1) is 22.1 Å². The topological polar surface area (TPSA) is 49.9 Å². The van der Waals surface area contributed by atoms with E-state index >= 15 is 0 Å². The van der Waals surface area contributed by atoms with Gasteiger partial charge in [-0.15, -0.1) is 11.3 Å². The fourth-order valence-corrected chi connectivity index (χ4v) is 3.43. The molecule has 3 heterocycles. The number of halogens is 1. The maximum Gasteiger partial charge on any atom is 0.244 e. The summed E-state index contributed by atoms with van der Waals surface area (Å²) >= 11 is 1.63. The molecule has 0 fully saturated rings. The van der Waals surface area contributed by atoms with Crippen molar-refractivity contribution >= 4 is 28.6 Å². The summed E-state index contributed by atoms with van der Waals surface area (Å²) in [6.07, 6.45) is 3.98. The number of hydrogen-bond donors (Lipinski definition) is 1. The Balaban J connectivity index is 1.39. The highest BCUT2D eigenvalue weighted by Gasteiger charge is 2.27. The largest absolute Gasteiger partial charge is 0.349 e. The fraction of sp³-hybridized carbons (Fsp3) is 0.158. The van der Waals surface area contributed by atoms with E-state index < -0.39 is 0 Å². The summed E-state index contributed by atoms with van der Waals surface area (Å²) in [5.74, 6) is -0.472. The lowest BCUT2D eigenvalue weighted by Crippen LogP contribution is -2.22. The highest BCUT2D eigenvalue weighted by molar-refractivity contribution is 7.09. The van der Waals surface area contributed by atoms with Crippen LogP contribution in [0.5, 0.6) is 0 Å². The van der Waals surface area contributed by atoms with Crippen molar-refractivity contribution in [3.8, 4) is 11.3 Å². The van der Waals surface area contributed by atoms with Crippen molar-refractivity contribution in [1.29, 1.82) is 0 Å². The SMILES string of the molecule is Cc1nc(-c2cc(C3=CN3CC(=O)Nc3ccc(F)cc3)n(C)c2)cs1. The van der Waals surface area contributed by atoms with E-state index in [1.165, 1.54) is 12.1 Å². The number of thiazole rings is 1. The molecule has 0 spiro atoms. The third-order valence-corrected chi connectivity index (χ3v) is 4.92. The molecule has 0 bridgehead atoms. The molecule has 0 aliphatic carbocycles. The molecule has 0 saturated carbocycles. The van der Waals surface area contributed by atoms with Crippen LogP contribution in [0.4, 0.5) is 10.1 Å². The number of nitrogens with zero attached hydrogens (tertiary/aromatic N) is 3. The molecule has 26 heavy (non-hydrogen) atoms. The van der Waals surface area contributed by atoms with Gasteiger partial charge in [0.25, 0.3) is 0 Å². The van der Waals surface area contributed by atoms with E-state index in [9.17, 15) is 9.18 Å². The van der Waals surface area contributed by atoms with Crippen LogP contribution >= 0.6 is 11.3 Å². The second kappa shape index (κ2) is 6.42. The van der Waals surface area contributed by atoms with Crippen LogP contribution in [-0.4, -0.2) is 26.9 Å². The van der Waals surface area contributed by atoms with E-state index in [4.69, 9.17) is 0 Å². The summed E-state index contributed by atoms with van der Waals surface area (Å²) in [5.41, 5.74) is 4.67. The van der Waals surface area contributed by atoms with Gasteiger partial charge < -0.3 is 14.8 Å². The molecule has 0 atom stereocenters. The Labute approximate surface area is 154 Å². The minimum absolute atomic E-state index is 0.146. The zero-order chi connectivity index (χ0) is 18.3. The van der Waals surface area contributed by atoms with Crippen LogP contribution in [0.3, 0.4) is 0 Å². The van der Waals surface area contributed by atoms with E-state index in [0.29, 0.717) is 5.69 Å². The molecular formula is C19H17FN4OS. The molecule has 1 aromatic carbocycles. The Bertz CT molecular complexity index is 1000. The Morgan fingerprint density at radius 1 is 1.31 bits per heavy atom. The molecule has 3 aromatic rings. The van der Waals surface area contributed by atoms with E-state index in [1.807, 2.05) is 41.2 Å². The van der Waals surface area contributed by atoms with Crippen LogP contribution in [0, 0.1) is 12.7 Å². The van der Waals surface area contributed by atoms with E-state index in [0.717, 1.165) is 27.7 Å². The van der Waals surface area contributed by atoms with Crippen molar-refractivity contribution in [3.05, 3.63) is 64.6 Å². The van der Waals surface area contributed by atoms with Crippen LogP contribution in [0.15, 0.2) is 48.1 Å². The lowest BCUT2D eigenvalue weighted by molar-refractivity contribution is -0.116. The van der Waals surface area contributed by atoms with Crippen molar-refractivity contribution in [3.63, 3.8) is 0 Å². The number of aryl methyl sites for hydroxylation is 2. The number of anilines is 1. The first kappa shape index (κ1) is 16.5. The highest BCUT2D eigenvalue weighted by Crippen LogP contribution is 2.35. The summed E-state index contributed by atoms with van der Waals surface area (Å²) < 4.78 is 14.9. The number of carbonyl (C=O) groups is 1. The molecule has 7 heteroatoms. The highest BCUT2D eigenvalue weighted by atomic mass is 32.1. The molecule has 1 aliphatic rings. The van der Waals surface area contributed by atoms with Gasteiger partial charge in [-0.2, -0.15) is 0 Å². The molecule has 1 N–H and O–H groups in total. The number of carbonyl (C=O) groups excluding carboxylic acids is 1. The van der Waals surface area contributed by atoms with Crippen molar-refractivity contribution in [2.75, 3.05) is 11.9 Å². The van der Waals surface area contributed by atoms with Gasteiger partial charge in [0.2, 0.25) is 5.91 Å². The van der Waals surface area contributed by atoms with Crippen LogP contribution in [0.25, 0.3) is 17.0 Å².